The largest absolute Gasteiger partial charge is 0.322 e. The summed E-state index contributed by atoms with van der Waals surface area (Å²) in [4.78, 5) is 24.9. The van der Waals surface area contributed by atoms with Crippen LogP contribution in [0.25, 0.3) is 0 Å². The maximum Gasteiger partial charge on any atom is 0.293 e. The number of nitrogens with zero attached hydrogens (tertiary/aromatic N) is 3. The quantitative estimate of drug-likeness (QED) is 0.390. The third-order valence-electron chi connectivity index (χ3n) is 4.88. The standard InChI is InChI=1S/C24H26BrN5O2/c1-15(27-28-23(32)21-20(25)14-30(5)29-21)17-7-6-8-19(13-17)26-22(31)16-9-11-18(12-10-16)24(2,3)4/h6-14H,1-5H3,(H,26,31)(H,28,32). The van der Waals surface area contributed by atoms with Gasteiger partial charge in [-0.2, -0.15) is 10.2 Å². The first-order valence-electron chi connectivity index (χ1n) is 10.1. The number of aromatic nitrogens is 2. The molecule has 0 aliphatic heterocycles. The molecule has 2 amide bonds. The molecule has 0 atom stereocenters. The molecule has 1 aromatic heterocycles. The average Bonchev–Trinajstić information content (AvgIpc) is 3.09. The molecule has 8 heteroatoms. The summed E-state index contributed by atoms with van der Waals surface area (Å²) in [6.07, 6.45) is 1.69. The summed E-state index contributed by atoms with van der Waals surface area (Å²) in [5.74, 6) is -0.606. The monoisotopic (exact) mass is 495 g/mol. The van der Waals surface area contributed by atoms with Gasteiger partial charge in [0, 0.05) is 24.5 Å². The number of carbonyl (C=O) groups is 2. The van der Waals surface area contributed by atoms with Crippen LogP contribution < -0.4 is 10.7 Å². The highest BCUT2D eigenvalue weighted by Gasteiger charge is 2.15. The molecular weight excluding hydrogens is 470 g/mol. The summed E-state index contributed by atoms with van der Waals surface area (Å²) in [5, 5.41) is 11.2. The summed E-state index contributed by atoms with van der Waals surface area (Å²) in [6, 6.07) is 14.9. The van der Waals surface area contributed by atoms with Crippen molar-refractivity contribution >= 4 is 39.1 Å². The van der Waals surface area contributed by atoms with Crippen molar-refractivity contribution in [2.45, 2.75) is 33.1 Å². The highest BCUT2D eigenvalue weighted by Crippen LogP contribution is 2.22. The maximum absolute atomic E-state index is 12.7. The van der Waals surface area contributed by atoms with Crippen LogP contribution in [0.4, 0.5) is 5.69 Å². The second kappa shape index (κ2) is 9.48. The van der Waals surface area contributed by atoms with Gasteiger partial charge in [-0.25, -0.2) is 5.43 Å². The van der Waals surface area contributed by atoms with Crippen LogP contribution in [0.2, 0.25) is 0 Å². The van der Waals surface area contributed by atoms with Crippen molar-refractivity contribution < 1.29 is 9.59 Å². The fraction of sp³-hybridized carbons (Fsp3) is 0.250. The molecule has 0 spiro atoms. The van der Waals surface area contributed by atoms with Crippen molar-refractivity contribution in [2.24, 2.45) is 12.1 Å². The van der Waals surface area contributed by atoms with E-state index < -0.39 is 5.91 Å². The first kappa shape index (κ1) is 23.4. The van der Waals surface area contributed by atoms with E-state index in [4.69, 9.17) is 0 Å². The van der Waals surface area contributed by atoms with Crippen LogP contribution in [0.3, 0.4) is 0 Å². The average molecular weight is 496 g/mol. The minimum atomic E-state index is -0.417. The number of hydrogen-bond donors (Lipinski definition) is 2. The molecule has 3 rings (SSSR count). The molecule has 0 aliphatic rings. The lowest BCUT2D eigenvalue weighted by Crippen LogP contribution is -2.20. The van der Waals surface area contributed by atoms with Crippen LogP contribution >= 0.6 is 15.9 Å². The van der Waals surface area contributed by atoms with Crippen LogP contribution in [0.15, 0.2) is 64.3 Å². The predicted octanol–water partition coefficient (Wildman–Crippen LogP) is 4.89. The molecule has 0 fully saturated rings. The van der Waals surface area contributed by atoms with E-state index in [1.807, 2.05) is 48.5 Å². The van der Waals surface area contributed by atoms with Crippen molar-refractivity contribution in [1.29, 1.82) is 0 Å². The van der Waals surface area contributed by atoms with Gasteiger partial charge >= 0.3 is 0 Å². The summed E-state index contributed by atoms with van der Waals surface area (Å²) >= 11 is 3.30. The fourth-order valence-corrected chi connectivity index (χ4v) is 3.57. The molecule has 2 N–H and O–H groups in total. The van der Waals surface area contributed by atoms with Gasteiger partial charge in [0.15, 0.2) is 5.69 Å². The molecule has 0 saturated carbocycles. The molecule has 0 aliphatic carbocycles. The van der Waals surface area contributed by atoms with Crippen molar-refractivity contribution in [1.82, 2.24) is 15.2 Å². The van der Waals surface area contributed by atoms with E-state index >= 15 is 0 Å². The zero-order valence-corrected chi connectivity index (χ0v) is 20.3. The Balaban J connectivity index is 1.69. The first-order valence-corrected chi connectivity index (χ1v) is 10.9. The van der Waals surface area contributed by atoms with Gasteiger partial charge in [-0.15, -0.1) is 0 Å². The number of carbonyl (C=O) groups excluding carboxylic acids is 2. The van der Waals surface area contributed by atoms with Crippen molar-refractivity contribution in [3.8, 4) is 0 Å². The highest BCUT2D eigenvalue weighted by molar-refractivity contribution is 9.10. The summed E-state index contributed by atoms with van der Waals surface area (Å²) in [5.41, 5.74) is 6.55. The Morgan fingerprint density at radius 2 is 1.72 bits per heavy atom. The number of aryl methyl sites for hydroxylation is 1. The summed E-state index contributed by atoms with van der Waals surface area (Å²) in [6.45, 7) is 8.18. The second-order valence-corrected chi connectivity index (χ2v) is 9.35. The smallest absolute Gasteiger partial charge is 0.293 e. The van der Waals surface area contributed by atoms with Crippen molar-refractivity contribution in [3.63, 3.8) is 0 Å². The molecule has 0 bridgehead atoms. The Morgan fingerprint density at radius 3 is 2.31 bits per heavy atom. The topological polar surface area (TPSA) is 88.4 Å². The predicted molar refractivity (Wildman–Crippen MR) is 130 cm³/mol. The number of halogens is 1. The molecule has 0 unspecified atom stereocenters. The minimum absolute atomic E-state index is 0.0300. The second-order valence-electron chi connectivity index (χ2n) is 8.50. The molecule has 1 heterocycles. The Bertz CT molecular complexity index is 1170. The van der Waals surface area contributed by atoms with Gasteiger partial charge in [0.25, 0.3) is 11.8 Å². The van der Waals surface area contributed by atoms with Crippen molar-refractivity contribution in [3.05, 3.63) is 81.6 Å². The SMILES string of the molecule is CC(=NNC(=O)c1nn(C)cc1Br)c1cccc(NC(=O)c2ccc(C(C)(C)C)cc2)c1. The van der Waals surface area contributed by atoms with Gasteiger partial charge in [-0.1, -0.05) is 45.0 Å². The molecular formula is C24H26BrN5O2. The number of hydrogen-bond acceptors (Lipinski definition) is 4. The van der Waals surface area contributed by atoms with Gasteiger partial charge in [-0.05, 0) is 63.7 Å². The van der Waals surface area contributed by atoms with E-state index in [1.54, 1.807) is 24.9 Å². The molecule has 7 nitrogen and oxygen atoms in total. The van der Waals surface area contributed by atoms with Crippen LogP contribution in [0.1, 0.15) is 59.7 Å². The third kappa shape index (κ3) is 5.70. The van der Waals surface area contributed by atoms with Gasteiger partial charge in [0.1, 0.15) is 0 Å². The van der Waals surface area contributed by atoms with E-state index in [2.05, 4.69) is 57.6 Å². The number of anilines is 1. The lowest BCUT2D eigenvalue weighted by molar-refractivity contribution is 0.0947. The van der Waals surface area contributed by atoms with E-state index in [-0.39, 0.29) is 17.0 Å². The lowest BCUT2D eigenvalue weighted by Gasteiger charge is -2.19. The number of nitrogens with one attached hydrogen (secondary N) is 2. The fourth-order valence-electron chi connectivity index (χ4n) is 3.01. The van der Waals surface area contributed by atoms with E-state index in [0.717, 1.165) is 5.56 Å². The molecule has 166 valence electrons. The lowest BCUT2D eigenvalue weighted by atomic mass is 9.87. The van der Waals surface area contributed by atoms with Gasteiger partial charge < -0.3 is 5.32 Å². The molecule has 3 aromatic rings. The van der Waals surface area contributed by atoms with Crippen LogP contribution in [0.5, 0.6) is 0 Å². The van der Waals surface area contributed by atoms with E-state index in [9.17, 15) is 9.59 Å². The zero-order chi connectivity index (χ0) is 23.5. The maximum atomic E-state index is 12.7. The summed E-state index contributed by atoms with van der Waals surface area (Å²) < 4.78 is 2.13. The normalized spacial score (nSPS) is 11.9. The zero-order valence-electron chi connectivity index (χ0n) is 18.7. The van der Waals surface area contributed by atoms with E-state index in [0.29, 0.717) is 21.4 Å². The molecule has 32 heavy (non-hydrogen) atoms. The van der Waals surface area contributed by atoms with Crippen LogP contribution in [-0.2, 0) is 12.5 Å². The van der Waals surface area contributed by atoms with Crippen LogP contribution in [-0.4, -0.2) is 27.3 Å². The van der Waals surface area contributed by atoms with Crippen LogP contribution in [0, 0.1) is 0 Å². The minimum Gasteiger partial charge on any atom is -0.322 e. The molecule has 0 radical (unpaired) electrons. The molecule has 0 saturated heterocycles. The Hall–Kier alpha value is -3.26. The number of hydrazone groups is 1. The number of amides is 2. The highest BCUT2D eigenvalue weighted by atomic mass is 79.9. The Morgan fingerprint density at radius 1 is 1.03 bits per heavy atom. The molecule has 2 aromatic carbocycles. The van der Waals surface area contributed by atoms with Gasteiger partial charge in [-0.3, -0.25) is 14.3 Å². The van der Waals surface area contributed by atoms with Gasteiger partial charge in [0.05, 0.1) is 10.2 Å². The van der Waals surface area contributed by atoms with Crippen molar-refractivity contribution in [2.75, 3.05) is 5.32 Å². The van der Waals surface area contributed by atoms with Gasteiger partial charge in [0.2, 0.25) is 0 Å². The number of rotatable bonds is 5. The summed E-state index contributed by atoms with van der Waals surface area (Å²) in [7, 11) is 1.73. The van der Waals surface area contributed by atoms with E-state index in [1.165, 1.54) is 5.56 Å². The Kier molecular flexibility index (Phi) is 6.93. The number of benzene rings is 2. The first-order chi connectivity index (χ1) is 15.0. The third-order valence-corrected chi connectivity index (χ3v) is 5.46. The Labute approximate surface area is 196 Å².